The van der Waals surface area contributed by atoms with Crippen LogP contribution in [0.2, 0.25) is 0 Å². The van der Waals surface area contributed by atoms with Crippen molar-refractivity contribution < 1.29 is 9.90 Å². The largest absolute Gasteiger partial charge is 0.481 e. The summed E-state index contributed by atoms with van der Waals surface area (Å²) in [6.07, 6.45) is 3.12. The zero-order valence-electron chi connectivity index (χ0n) is 10.2. The Bertz CT molecular complexity index is 456. The van der Waals surface area contributed by atoms with Crippen LogP contribution in [0.3, 0.4) is 0 Å². The molecule has 0 fully saturated rings. The Morgan fingerprint density at radius 1 is 1.59 bits per heavy atom. The molecule has 0 radical (unpaired) electrons. The first-order valence-electron chi connectivity index (χ1n) is 5.52. The van der Waals surface area contributed by atoms with E-state index in [0.29, 0.717) is 6.54 Å². The van der Waals surface area contributed by atoms with Gasteiger partial charge in [-0.3, -0.25) is 9.59 Å². The molecule has 0 aliphatic rings. The molecule has 1 aromatic rings. The molecule has 0 saturated carbocycles. The highest BCUT2D eigenvalue weighted by molar-refractivity contribution is 5.70. The molecule has 6 heteroatoms. The molecule has 2 unspecified atom stereocenters. The predicted molar refractivity (Wildman–Crippen MR) is 64.1 cm³/mol. The number of hydrogen-bond donors (Lipinski definition) is 2. The van der Waals surface area contributed by atoms with Crippen LogP contribution in [0, 0.1) is 5.92 Å². The summed E-state index contributed by atoms with van der Waals surface area (Å²) in [6, 6.07) is -0.361. The number of rotatable bonds is 5. The lowest BCUT2D eigenvalue weighted by Gasteiger charge is -2.18. The Hall–Kier alpha value is -1.85. The molecule has 0 bridgehead atoms. The quantitative estimate of drug-likeness (QED) is 0.793. The molecule has 0 aliphatic carbocycles. The number of anilines is 1. The van der Waals surface area contributed by atoms with Crippen molar-refractivity contribution in [2.24, 2.45) is 5.92 Å². The van der Waals surface area contributed by atoms with Gasteiger partial charge in [-0.2, -0.15) is 0 Å². The van der Waals surface area contributed by atoms with E-state index in [4.69, 9.17) is 5.11 Å². The molecule has 2 atom stereocenters. The van der Waals surface area contributed by atoms with Crippen LogP contribution in [0.5, 0.6) is 0 Å². The summed E-state index contributed by atoms with van der Waals surface area (Å²) in [6.45, 7) is 5.71. The summed E-state index contributed by atoms with van der Waals surface area (Å²) < 4.78 is 1.51. The Morgan fingerprint density at radius 2 is 2.24 bits per heavy atom. The van der Waals surface area contributed by atoms with Crippen molar-refractivity contribution in [3.8, 4) is 0 Å². The number of aromatic nitrogens is 2. The minimum absolute atomic E-state index is 0.190. The summed E-state index contributed by atoms with van der Waals surface area (Å²) in [4.78, 5) is 26.5. The maximum absolute atomic E-state index is 11.8. The highest BCUT2D eigenvalue weighted by Gasteiger charge is 2.20. The van der Waals surface area contributed by atoms with Gasteiger partial charge in [0.25, 0.3) is 5.56 Å². The molecule has 6 nitrogen and oxygen atoms in total. The number of hydrogen-bond acceptors (Lipinski definition) is 4. The van der Waals surface area contributed by atoms with Crippen LogP contribution in [0.25, 0.3) is 0 Å². The molecule has 1 aromatic heterocycles. The van der Waals surface area contributed by atoms with Crippen LogP contribution in [0.15, 0.2) is 17.2 Å². The lowest BCUT2D eigenvalue weighted by atomic mass is 10.0. The average Bonchev–Trinajstić information content (AvgIpc) is 2.30. The minimum Gasteiger partial charge on any atom is -0.481 e. The van der Waals surface area contributed by atoms with Gasteiger partial charge in [-0.1, -0.05) is 0 Å². The molecule has 17 heavy (non-hydrogen) atoms. The second-order valence-electron chi connectivity index (χ2n) is 3.93. The minimum atomic E-state index is -0.906. The zero-order chi connectivity index (χ0) is 13.0. The molecular weight excluding hydrogens is 222 g/mol. The van der Waals surface area contributed by atoms with Gasteiger partial charge >= 0.3 is 5.97 Å². The molecule has 94 valence electrons. The molecule has 0 saturated heterocycles. The first kappa shape index (κ1) is 13.2. The summed E-state index contributed by atoms with van der Waals surface area (Å²) in [5.74, 6) is -1.31. The number of nitrogens with one attached hydrogen (secondary N) is 1. The van der Waals surface area contributed by atoms with Gasteiger partial charge in [0, 0.05) is 25.0 Å². The van der Waals surface area contributed by atoms with E-state index in [-0.39, 0.29) is 17.4 Å². The van der Waals surface area contributed by atoms with E-state index in [2.05, 4.69) is 10.3 Å². The van der Waals surface area contributed by atoms with Crippen LogP contribution in [0.4, 0.5) is 5.82 Å². The van der Waals surface area contributed by atoms with Crippen molar-refractivity contribution in [1.82, 2.24) is 9.55 Å². The number of carboxylic acids is 1. The van der Waals surface area contributed by atoms with E-state index in [0.717, 1.165) is 0 Å². The lowest BCUT2D eigenvalue weighted by molar-refractivity contribution is -0.141. The Balaban J connectivity index is 2.89. The lowest BCUT2D eigenvalue weighted by Crippen LogP contribution is -2.34. The van der Waals surface area contributed by atoms with Gasteiger partial charge in [-0.25, -0.2) is 4.98 Å². The molecule has 0 aliphatic heterocycles. The molecular formula is C11H17N3O3. The van der Waals surface area contributed by atoms with Gasteiger partial charge in [0.1, 0.15) is 0 Å². The molecule has 0 amide bonds. The second kappa shape index (κ2) is 5.47. The van der Waals surface area contributed by atoms with Gasteiger partial charge in [0.05, 0.1) is 5.92 Å². The van der Waals surface area contributed by atoms with Crippen LogP contribution in [-0.2, 0) is 11.3 Å². The van der Waals surface area contributed by atoms with Crippen LogP contribution in [-0.4, -0.2) is 26.7 Å². The Kier molecular flexibility index (Phi) is 4.25. The van der Waals surface area contributed by atoms with Crippen molar-refractivity contribution in [1.29, 1.82) is 0 Å². The summed E-state index contributed by atoms with van der Waals surface area (Å²) >= 11 is 0. The number of carbonyl (C=O) groups is 1. The standard InChI is InChI=1S/C11H17N3O3/c1-4-14-6-5-12-9(10(14)15)13-8(3)7(2)11(16)17/h5-8H,4H2,1-3H3,(H,12,13)(H,16,17). The van der Waals surface area contributed by atoms with Gasteiger partial charge in [0.2, 0.25) is 0 Å². The Morgan fingerprint density at radius 3 is 2.76 bits per heavy atom. The number of carboxylic acid groups (broad SMARTS) is 1. The SMILES string of the molecule is CCn1ccnc(NC(C)C(C)C(=O)O)c1=O. The fourth-order valence-corrected chi connectivity index (χ4v) is 1.35. The molecule has 0 spiro atoms. The smallest absolute Gasteiger partial charge is 0.308 e. The maximum atomic E-state index is 11.8. The third kappa shape index (κ3) is 3.05. The summed E-state index contributed by atoms with van der Waals surface area (Å²) in [7, 11) is 0. The van der Waals surface area contributed by atoms with Crippen molar-refractivity contribution >= 4 is 11.8 Å². The topological polar surface area (TPSA) is 84.2 Å². The normalized spacial score (nSPS) is 14.1. The average molecular weight is 239 g/mol. The van der Waals surface area contributed by atoms with Crippen LogP contribution >= 0.6 is 0 Å². The van der Waals surface area contributed by atoms with Crippen molar-refractivity contribution in [2.75, 3.05) is 5.32 Å². The summed E-state index contributed by atoms with van der Waals surface area (Å²) in [5, 5.41) is 11.7. The number of nitrogens with zero attached hydrogens (tertiary/aromatic N) is 2. The van der Waals surface area contributed by atoms with Gasteiger partial charge in [0.15, 0.2) is 5.82 Å². The summed E-state index contributed by atoms with van der Waals surface area (Å²) in [5.41, 5.74) is -0.237. The molecule has 1 heterocycles. The van der Waals surface area contributed by atoms with Gasteiger partial charge in [-0.05, 0) is 20.8 Å². The number of aliphatic carboxylic acids is 1. The Labute approximate surface area is 99.3 Å². The van der Waals surface area contributed by atoms with E-state index < -0.39 is 11.9 Å². The van der Waals surface area contributed by atoms with Crippen molar-refractivity contribution in [3.63, 3.8) is 0 Å². The van der Waals surface area contributed by atoms with E-state index in [1.807, 2.05) is 6.92 Å². The molecule has 2 N–H and O–H groups in total. The molecule has 1 rings (SSSR count). The van der Waals surface area contributed by atoms with E-state index in [1.54, 1.807) is 20.0 Å². The third-order valence-corrected chi connectivity index (χ3v) is 2.76. The fraction of sp³-hybridized carbons (Fsp3) is 0.545. The van der Waals surface area contributed by atoms with E-state index in [9.17, 15) is 9.59 Å². The van der Waals surface area contributed by atoms with E-state index in [1.165, 1.54) is 10.8 Å². The third-order valence-electron chi connectivity index (χ3n) is 2.76. The maximum Gasteiger partial charge on any atom is 0.308 e. The number of aryl methyl sites for hydroxylation is 1. The molecule has 0 aromatic carbocycles. The highest BCUT2D eigenvalue weighted by atomic mass is 16.4. The van der Waals surface area contributed by atoms with Crippen molar-refractivity contribution in [2.45, 2.75) is 33.4 Å². The predicted octanol–water partition coefficient (Wildman–Crippen LogP) is 0.784. The van der Waals surface area contributed by atoms with Crippen LogP contribution < -0.4 is 10.9 Å². The van der Waals surface area contributed by atoms with E-state index >= 15 is 0 Å². The van der Waals surface area contributed by atoms with Gasteiger partial charge in [-0.15, -0.1) is 0 Å². The fourth-order valence-electron chi connectivity index (χ4n) is 1.35. The first-order valence-corrected chi connectivity index (χ1v) is 5.52. The van der Waals surface area contributed by atoms with Gasteiger partial charge < -0.3 is 15.0 Å². The monoisotopic (exact) mass is 239 g/mol. The van der Waals surface area contributed by atoms with Crippen LogP contribution in [0.1, 0.15) is 20.8 Å². The second-order valence-corrected chi connectivity index (χ2v) is 3.93. The first-order chi connectivity index (χ1) is 7.97. The van der Waals surface area contributed by atoms with Crippen molar-refractivity contribution in [3.05, 3.63) is 22.7 Å². The highest BCUT2D eigenvalue weighted by Crippen LogP contribution is 2.07. The zero-order valence-corrected chi connectivity index (χ0v) is 10.2.